The maximum Gasteiger partial charge on any atom is 0.227 e. The standard InChI is InChI=1S/C15H28N6O/c1-19(2)6-7-20(3)8-12-9-21(10-13(12)11-22)15-17-5-4-14(16)18-15/h4-5,12-13,22H,6-11H2,1-3H3,(H2,16,17,18)/t12-,13-/m1/s1. The minimum atomic E-state index is 0.199. The highest BCUT2D eigenvalue weighted by Gasteiger charge is 2.34. The first-order chi connectivity index (χ1) is 10.5. The van der Waals surface area contributed by atoms with Crippen LogP contribution in [0.3, 0.4) is 0 Å². The van der Waals surface area contributed by atoms with Crippen LogP contribution in [0, 0.1) is 11.8 Å². The number of hydrogen-bond donors (Lipinski definition) is 2. The number of hydrogen-bond acceptors (Lipinski definition) is 7. The average molecular weight is 308 g/mol. The maximum atomic E-state index is 9.67. The zero-order chi connectivity index (χ0) is 16.1. The molecule has 0 radical (unpaired) electrons. The van der Waals surface area contributed by atoms with E-state index >= 15 is 0 Å². The van der Waals surface area contributed by atoms with Gasteiger partial charge >= 0.3 is 0 Å². The van der Waals surface area contributed by atoms with Gasteiger partial charge in [-0.15, -0.1) is 0 Å². The molecule has 124 valence electrons. The van der Waals surface area contributed by atoms with Crippen LogP contribution >= 0.6 is 0 Å². The molecule has 0 bridgehead atoms. The molecular weight excluding hydrogens is 280 g/mol. The third-order valence-corrected chi connectivity index (χ3v) is 4.23. The molecule has 0 aliphatic carbocycles. The Bertz CT molecular complexity index is 469. The van der Waals surface area contributed by atoms with Gasteiger partial charge in [-0.3, -0.25) is 0 Å². The summed E-state index contributed by atoms with van der Waals surface area (Å²) in [5, 5.41) is 9.67. The smallest absolute Gasteiger partial charge is 0.227 e. The Kier molecular flexibility index (Phi) is 5.93. The van der Waals surface area contributed by atoms with Gasteiger partial charge in [-0.2, -0.15) is 4.98 Å². The fraction of sp³-hybridized carbons (Fsp3) is 0.733. The van der Waals surface area contributed by atoms with Gasteiger partial charge in [0.15, 0.2) is 0 Å². The van der Waals surface area contributed by atoms with Gasteiger partial charge in [-0.05, 0) is 33.1 Å². The molecule has 22 heavy (non-hydrogen) atoms. The molecular formula is C15H28N6O. The maximum absolute atomic E-state index is 9.67. The Morgan fingerprint density at radius 2 is 2.00 bits per heavy atom. The van der Waals surface area contributed by atoms with E-state index in [1.165, 1.54) is 0 Å². The lowest BCUT2D eigenvalue weighted by molar-refractivity contribution is 0.171. The number of nitrogens with zero attached hydrogens (tertiary/aromatic N) is 5. The first-order valence-corrected chi connectivity index (χ1v) is 7.77. The number of aromatic nitrogens is 2. The van der Waals surface area contributed by atoms with E-state index in [2.05, 4.69) is 45.8 Å². The van der Waals surface area contributed by atoms with Crippen LogP contribution in [0.5, 0.6) is 0 Å². The molecule has 0 amide bonds. The summed E-state index contributed by atoms with van der Waals surface area (Å²) < 4.78 is 0. The Morgan fingerprint density at radius 3 is 2.64 bits per heavy atom. The van der Waals surface area contributed by atoms with Gasteiger partial charge in [0.25, 0.3) is 0 Å². The monoisotopic (exact) mass is 308 g/mol. The quantitative estimate of drug-likeness (QED) is 0.709. The Morgan fingerprint density at radius 1 is 1.27 bits per heavy atom. The van der Waals surface area contributed by atoms with E-state index in [0.717, 1.165) is 32.7 Å². The normalized spacial score (nSPS) is 22.0. The van der Waals surface area contributed by atoms with Crippen LogP contribution in [0.25, 0.3) is 0 Å². The molecule has 1 aromatic heterocycles. The van der Waals surface area contributed by atoms with Gasteiger partial charge in [-0.1, -0.05) is 0 Å². The van der Waals surface area contributed by atoms with E-state index in [1.807, 2.05) is 0 Å². The van der Waals surface area contributed by atoms with Crippen molar-refractivity contribution in [2.24, 2.45) is 11.8 Å². The average Bonchev–Trinajstić information content (AvgIpc) is 2.88. The van der Waals surface area contributed by atoms with Crippen molar-refractivity contribution in [2.45, 2.75) is 0 Å². The summed E-state index contributed by atoms with van der Waals surface area (Å²) in [5.74, 6) is 1.82. The number of likely N-dealkylation sites (N-methyl/N-ethyl adjacent to an activating group) is 2. The third-order valence-electron chi connectivity index (χ3n) is 4.23. The summed E-state index contributed by atoms with van der Waals surface area (Å²) in [5.41, 5.74) is 5.74. The molecule has 1 aliphatic rings. The number of anilines is 2. The largest absolute Gasteiger partial charge is 0.396 e. The van der Waals surface area contributed by atoms with Crippen LogP contribution in [0.1, 0.15) is 0 Å². The van der Waals surface area contributed by atoms with E-state index < -0.39 is 0 Å². The first kappa shape index (κ1) is 16.9. The van der Waals surface area contributed by atoms with Crippen molar-refractivity contribution in [1.82, 2.24) is 19.8 Å². The van der Waals surface area contributed by atoms with Crippen LogP contribution in [-0.2, 0) is 0 Å². The lowest BCUT2D eigenvalue weighted by Crippen LogP contribution is -2.35. The zero-order valence-corrected chi connectivity index (χ0v) is 13.8. The highest BCUT2D eigenvalue weighted by atomic mass is 16.3. The first-order valence-electron chi connectivity index (χ1n) is 7.77. The van der Waals surface area contributed by atoms with E-state index in [-0.39, 0.29) is 12.5 Å². The highest BCUT2D eigenvalue weighted by molar-refractivity contribution is 5.39. The molecule has 0 unspecified atom stereocenters. The third kappa shape index (κ3) is 4.53. The summed E-state index contributed by atoms with van der Waals surface area (Å²) in [6, 6.07) is 1.69. The summed E-state index contributed by atoms with van der Waals surface area (Å²) >= 11 is 0. The van der Waals surface area contributed by atoms with E-state index in [0.29, 0.717) is 17.7 Å². The second-order valence-corrected chi connectivity index (χ2v) is 6.45. The van der Waals surface area contributed by atoms with Crippen molar-refractivity contribution in [3.05, 3.63) is 12.3 Å². The van der Waals surface area contributed by atoms with Crippen LogP contribution in [0.2, 0.25) is 0 Å². The van der Waals surface area contributed by atoms with Crippen molar-refractivity contribution in [3.63, 3.8) is 0 Å². The molecule has 2 rings (SSSR count). The van der Waals surface area contributed by atoms with Gasteiger partial charge in [0.2, 0.25) is 5.95 Å². The lowest BCUT2D eigenvalue weighted by Gasteiger charge is -2.25. The summed E-state index contributed by atoms with van der Waals surface area (Å²) in [7, 11) is 6.30. The lowest BCUT2D eigenvalue weighted by atomic mass is 9.96. The molecule has 0 aromatic carbocycles. The van der Waals surface area contributed by atoms with E-state index in [9.17, 15) is 5.11 Å². The van der Waals surface area contributed by atoms with Gasteiger partial charge in [0.05, 0.1) is 0 Å². The van der Waals surface area contributed by atoms with Crippen molar-refractivity contribution in [1.29, 1.82) is 0 Å². The molecule has 7 nitrogen and oxygen atoms in total. The fourth-order valence-corrected chi connectivity index (χ4v) is 2.89. The van der Waals surface area contributed by atoms with Gasteiger partial charge in [0.1, 0.15) is 5.82 Å². The molecule has 2 atom stereocenters. The summed E-state index contributed by atoms with van der Waals surface area (Å²) in [6.07, 6.45) is 1.68. The van der Waals surface area contributed by atoms with Gasteiger partial charge < -0.3 is 25.5 Å². The van der Waals surface area contributed by atoms with Crippen molar-refractivity contribution < 1.29 is 5.11 Å². The van der Waals surface area contributed by atoms with Crippen molar-refractivity contribution in [2.75, 3.05) is 71.1 Å². The predicted octanol–water partition coefficient (Wildman–Crippen LogP) is -0.403. The second kappa shape index (κ2) is 7.71. The molecule has 0 saturated carbocycles. The van der Waals surface area contributed by atoms with Gasteiger partial charge in [0, 0.05) is 51.4 Å². The number of aliphatic hydroxyl groups excluding tert-OH is 1. The molecule has 3 N–H and O–H groups in total. The van der Waals surface area contributed by atoms with Crippen LogP contribution in [0.4, 0.5) is 11.8 Å². The fourth-order valence-electron chi connectivity index (χ4n) is 2.89. The van der Waals surface area contributed by atoms with E-state index in [1.54, 1.807) is 12.3 Å². The highest BCUT2D eigenvalue weighted by Crippen LogP contribution is 2.26. The topological polar surface area (TPSA) is 81.8 Å². The van der Waals surface area contributed by atoms with Crippen molar-refractivity contribution in [3.8, 4) is 0 Å². The minimum absolute atomic E-state index is 0.199. The molecule has 1 fully saturated rings. The predicted molar refractivity (Wildman–Crippen MR) is 88.8 cm³/mol. The number of rotatable bonds is 7. The number of nitrogen functional groups attached to an aromatic ring is 1. The van der Waals surface area contributed by atoms with Crippen molar-refractivity contribution >= 4 is 11.8 Å². The van der Waals surface area contributed by atoms with Crippen LogP contribution in [0.15, 0.2) is 12.3 Å². The molecule has 1 aromatic rings. The second-order valence-electron chi connectivity index (χ2n) is 6.45. The number of aliphatic hydroxyl groups is 1. The Labute approximate surface area is 132 Å². The summed E-state index contributed by atoms with van der Waals surface area (Å²) in [6.45, 7) is 4.88. The Hall–Kier alpha value is -1.44. The van der Waals surface area contributed by atoms with E-state index in [4.69, 9.17) is 5.73 Å². The molecule has 1 saturated heterocycles. The van der Waals surface area contributed by atoms with Gasteiger partial charge in [-0.25, -0.2) is 4.98 Å². The molecule has 0 spiro atoms. The van der Waals surface area contributed by atoms with Crippen LogP contribution < -0.4 is 10.6 Å². The summed E-state index contributed by atoms with van der Waals surface area (Å²) in [4.78, 5) is 15.2. The number of nitrogens with two attached hydrogens (primary N) is 1. The minimum Gasteiger partial charge on any atom is -0.396 e. The molecule has 2 heterocycles. The Balaban J connectivity index is 1.94. The SMILES string of the molecule is CN(C)CCN(C)C[C@@H]1CN(c2nccc(N)n2)C[C@@H]1CO. The molecule has 1 aliphatic heterocycles. The molecule has 7 heteroatoms. The van der Waals surface area contributed by atoms with Crippen LogP contribution in [-0.4, -0.2) is 85.3 Å². The zero-order valence-electron chi connectivity index (χ0n) is 13.8.